The van der Waals surface area contributed by atoms with Crippen LogP contribution in [0, 0.1) is 5.92 Å². The van der Waals surface area contributed by atoms with Crippen LogP contribution in [0.25, 0.3) is 0 Å². The Morgan fingerprint density at radius 1 is 1.28 bits per heavy atom. The van der Waals surface area contributed by atoms with Gasteiger partial charge >= 0.3 is 6.18 Å². The molecule has 0 radical (unpaired) electrons. The molecule has 1 aromatic heterocycles. The molecule has 0 bridgehead atoms. The molecule has 2 N–H and O–H groups in total. The van der Waals surface area contributed by atoms with Crippen LogP contribution < -0.4 is 10.7 Å². The summed E-state index contributed by atoms with van der Waals surface area (Å²) < 4.78 is 38.3. The Balaban J connectivity index is 1.84. The van der Waals surface area contributed by atoms with Gasteiger partial charge in [-0.2, -0.15) is 18.3 Å². The molecular formula is C16H16F3N5O. The van der Waals surface area contributed by atoms with Crippen molar-refractivity contribution >= 4 is 12.1 Å². The number of hydrogen-bond acceptors (Lipinski definition) is 5. The maximum absolute atomic E-state index is 12.8. The second-order valence-electron chi connectivity index (χ2n) is 5.90. The van der Waals surface area contributed by atoms with Crippen LogP contribution >= 0.6 is 0 Å². The molecule has 2 unspecified atom stereocenters. The summed E-state index contributed by atoms with van der Waals surface area (Å²) in [6, 6.07) is 3.22. The highest BCUT2D eigenvalue weighted by Gasteiger charge is 2.33. The van der Waals surface area contributed by atoms with Crippen molar-refractivity contribution in [2.45, 2.75) is 12.2 Å². The van der Waals surface area contributed by atoms with Crippen LogP contribution in [0.5, 0.6) is 0 Å². The first-order valence-electron chi connectivity index (χ1n) is 7.51. The van der Waals surface area contributed by atoms with Gasteiger partial charge in [0.1, 0.15) is 11.4 Å². The van der Waals surface area contributed by atoms with Gasteiger partial charge in [-0.3, -0.25) is 4.79 Å². The highest BCUT2D eigenvalue weighted by atomic mass is 19.4. The molecule has 1 amide bonds. The monoisotopic (exact) mass is 351 g/mol. The Morgan fingerprint density at radius 2 is 2.04 bits per heavy atom. The Morgan fingerprint density at radius 3 is 2.72 bits per heavy atom. The highest BCUT2D eigenvalue weighted by Crippen LogP contribution is 2.28. The maximum atomic E-state index is 12.8. The fourth-order valence-corrected chi connectivity index (χ4v) is 2.63. The highest BCUT2D eigenvalue weighted by molar-refractivity contribution is 5.94. The minimum Gasteiger partial charge on any atom is -0.376 e. The van der Waals surface area contributed by atoms with E-state index in [1.807, 2.05) is 31.1 Å². The van der Waals surface area contributed by atoms with Gasteiger partial charge < -0.3 is 15.6 Å². The summed E-state index contributed by atoms with van der Waals surface area (Å²) in [5.41, 5.74) is 2.79. The lowest BCUT2D eigenvalue weighted by atomic mass is 9.94. The van der Waals surface area contributed by atoms with Crippen molar-refractivity contribution in [3.05, 3.63) is 53.1 Å². The Kier molecular flexibility index (Phi) is 4.23. The second kappa shape index (κ2) is 6.23. The molecule has 0 saturated carbocycles. The quantitative estimate of drug-likeness (QED) is 0.871. The predicted octanol–water partition coefficient (Wildman–Crippen LogP) is 1.75. The number of hydrazone groups is 1. The normalized spacial score (nSPS) is 21.8. The molecule has 25 heavy (non-hydrogen) atoms. The maximum Gasteiger partial charge on any atom is 0.433 e. The van der Waals surface area contributed by atoms with Crippen LogP contribution in [-0.4, -0.2) is 42.1 Å². The fourth-order valence-electron chi connectivity index (χ4n) is 2.63. The van der Waals surface area contributed by atoms with Crippen LogP contribution in [-0.2, 0) is 6.18 Å². The van der Waals surface area contributed by atoms with E-state index in [2.05, 4.69) is 20.8 Å². The minimum absolute atomic E-state index is 0.00951. The number of halogens is 3. The first kappa shape index (κ1) is 17.0. The molecule has 0 fully saturated rings. The number of carbonyl (C=O) groups is 1. The van der Waals surface area contributed by atoms with E-state index in [0.29, 0.717) is 5.70 Å². The van der Waals surface area contributed by atoms with Gasteiger partial charge in [0, 0.05) is 26.2 Å². The third-order valence-electron chi connectivity index (χ3n) is 3.86. The molecule has 1 aliphatic heterocycles. The summed E-state index contributed by atoms with van der Waals surface area (Å²) in [6.07, 6.45) is 0.832. The third kappa shape index (κ3) is 3.49. The Labute approximate surface area is 142 Å². The molecule has 2 aliphatic rings. The van der Waals surface area contributed by atoms with E-state index in [-0.39, 0.29) is 17.7 Å². The summed E-state index contributed by atoms with van der Waals surface area (Å²) >= 11 is 0. The molecule has 2 atom stereocenters. The first-order chi connectivity index (χ1) is 11.8. The first-order valence-corrected chi connectivity index (χ1v) is 7.51. The summed E-state index contributed by atoms with van der Waals surface area (Å²) in [5, 5.41) is 6.65. The van der Waals surface area contributed by atoms with Crippen molar-refractivity contribution in [2.75, 3.05) is 14.1 Å². The van der Waals surface area contributed by atoms with Gasteiger partial charge in [0.05, 0.1) is 17.4 Å². The number of aromatic nitrogens is 1. The van der Waals surface area contributed by atoms with Gasteiger partial charge in [-0.25, -0.2) is 4.98 Å². The Hall–Kier alpha value is -2.84. The van der Waals surface area contributed by atoms with Gasteiger partial charge in [0.2, 0.25) is 0 Å². The zero-order valence-corrected chi connectivity index (χ0v) is 13.5. The smallest absolute Gasteiger partial charge is 0.376 e. The van der Waals surface area contributed by atoms with Gasteiger partial charge in [0.15, 0.2) is 0 Å². The van der Waals surface area contributed by atoms with Crippen LogP contribution in [0.3, 0.4) is 0 Å². The van der Waals surface area contributed by atoms with Crippen molar-refractivity contribution in [3.8, 4) is 0 Å². The second-order valence-corrected chi connectivity index (χ2v) is 5.90. The van der Waals surface area contributed by atoms with E-state index >= 15 is 0 Å². The number of rotatable bonds is 3. The molecule has 1 aromatic rings. The number of carbonyl (C=O) groups excluding carboxylic acids is 1. The number of pyridine rings is 1. The fraction of sp³-hybridized carbons (Fsp3) is 0.312. The lowest BCUT2D eigenvalue weighted by Gasteiger charge is -2.28. The summed E-state index contributed by atoms with van der Waals surface area (Å²) in [6.45, 7) is 0. The number of fused-ring (bicyclic) bond motifs is 1. The lowest BCUT2D eigenvalue weighted by Crippen LogP contribution is -2.36. The van der Waals surface area contributed by atoms with Crippen LogP contribution in [0.1, 0.15) is 16.2 Å². The summed E-state index contributed by atoms with van der Waals surface area (Å²) in [5.74, 6) is -0.736. The number of hydrogen-bond donors (Lipinski definition) is 2. The molecule has 0 saturated heterocycles. The molecular weight excluding hydrogens is 335 g/mol. The van der Waals surface area contributed by atoms with Gasteiger partial charge in [0.25, 0.3) is 5.91 Å². The summed E-state index contributed by atoms with van der Waals surface area (Å²) in [7, 11) is 3.62. The van der Waals surface area contributed by atoms with Gasteiger partial charge in [-0.15, -0.1) is 0 Å². The van der Waals surface area contributed by atoms with E-state index in [0.717, 1.165) is 17.8 Å². The lowest BCUT2D eigenvalue weighted by molar-refractivity contribution is -0.141. The predicted molar refractivity (Wildman–Crippen MR) is 85.5 cm³/mol. The van der Waals surface area contributed by atoms with Gasteiger partial charge in [-0.05, 0) is 24.3 Å². The molecule has 0 spiro atoms. The van der Waals surface area contributed by atoms with Crippen molar-refractivity contribution in [1.82, 2.24) is 20.6 Å². The molecule has 9 heteroatoms. The number of amides is 1. The van der Waals surface area contributed by atoms with Crippen LogP contribution in [0.4, 0.5) is 13.2 Å². The number of likely N-dealkylation sites (N-methyl/N-ethyl adjacent to an activating group) is 1. The molecule has 1 aliphatic carbocycles. The van der Waals surface area contributed by atoms with Gasteiger partial charge in [-0.1, -0.05) is 6.07 Å². The zero-order chi connectivity index (χ0) is 18.2. The zero-order valence-electron chi connectivity index (χ0n) is 13.5. The van der Waals surface area contributed by atoms with E-state index in [1.165, 1.54) is 6.07 Å². The number of nitrogens with zero attached hydrogens (tertiary/aromatic N) is 3. The number of alkyl halides is 3. The van der Waals surface area contributed by atoms with Crippen molar-refractivity contribution in [2.24, 2.45) is 11.0 Å². The topological polar surface area (TPSA) is 69.6 Å². The molecule has 3 rings (SSSR count). The van der Waals surface area contributed by atoms with Crippen molar-refractivity contribution in [1.29, 1.82) is 0 Å². The standard InChI is InChI=1S/C16H16F3N5O/c1-24(2)13-7-11-9(8-20-23-11)6-12(13)22-15(25)10-4-3-5-14(21-10)16(17,18)19/h3-9,11,23H,1-2H3,(H,22,25). The van der Waals surface area contributed by atoms with E-state index in [9.17, 15) is 18.0 Å². The van der Waals surface area contributed by atoms with Crippen molar-refractivity contribution < 1.29 is 18.0 Å². The average Bonchev–Trinajstić information content (AvgIpc) is 3.00. The van der Waals surface area contributed by atoms with Crippen LogP contribution in [0.2, 0.25) is 0 Å². The van der Waals surface area contributed by atoms with Crippen molar-refractivity contribution in [3.63, 3.8) is 0 Å². The van der Waals surface area contributed by atoms with E-state index in [1.54, 1.807) is 6.21 Å². The molecule has 2 heterocycles. The number of nitrogens with one attached hydrogen (secondary N) is 2. The SMILES string of the molecule is CN(C)C1=CC2NN=CC2C=C1NC(=O)c1cccc(C(F)(F)F)n1. The average molecular weight is 351 g/mol. The third-order valence-corrected chi connectivity index (χ3v) is 3.86. The summed E-state index contributed by atoms with van der Waals surface area (Å²) in [4.78, 5) is 17.6. The largest absolute Gasteiger partial charge is 0.433 e. The van der Waals surface area contributed by atoms with Crippen LogP contribution in [0.15, 0.2) is 46.8 Å². The molecule has 6 nitrogen and oxygen atoms in total. The Bertz CT molecular complexity index is 782. The van der Waals surface area contributed by atoms with E-state index in [4.69, 9.17) is 0 Å². The molecule has 0 aromatic carbocycles. The minimum atomic E-state index is -4.60. The van der Waals surface area contributed by atoms with E-state index < -0.39 is 17.8 Å². The molecule has 132 valence electrons.